The Hall–Kier alpha value is -1.92. The van der Waals surface area contributed by atoms with Crippen molar-refractivity contribution >= 4 is 10.1 Å². The largest absolute Gasteiger partial charge is 0.508 e. The molecule has 0 saturated carbocycles. The Morgan fingerprint density at radius 2 is 1.71 bits per heavy atom. The van der Waals surface area contributed by atoms with Crippen molar-refractivity contribution in [1.29, 1.82) is 0 Å². The van der Waals surface area contributed by atoms with Gasteiger partial charge in [0.25, 0.3) is 0 Å². The fourth-order valence-electron chi connectivity index (χ4n) is 1.48. The summed E-state index contributed by atoms with van der Waals surface area (Å²) in [6.07, 6.45) is 3.28. The minimum absolute atomic E-state index is 0.224. The van der Waals surface area contributed by atoms with E-state index in [1.807, 2.05) is 0 Å². The molecule has 0 bridgehead atoms. The number of phenols is 1. The van der Waals surface area contributed by atoms with Crippen LogP contribution in [0.25, 0.3) is 5.69 Å². The Kier molecular flexibility index (Phi) is 2.83. The first-order chi connectivity index (χ1) is 7.98. The number of hydrogen-bond donors (Lipinski definition) is 2. The highest BCUT2D eigenvalue weighted by Crippen LogP contribution is 2.21. The quantitative estimate of drug-likeness (QED) is 0.615. The van der Waals surface area contributed by atoms with Crippen LogP contribution >= 0.6 is 0 Å². The van der Waals surface area contributed by atoms with E-state index >= 15 is 0 Å². The normalized spacial score (nSPS) is 11.4. The highest BCUT2D eigenvalue weighted by atomic mass is 32.2. The van der Waals surface area contributed by atoms with Gasteiger partial charge in [-0.05, 0) is 6.07 Å². The summed E-state index contributed by atoms with van der Waals surface area (Å²) < 4.78 is 33.1. The number of hydrogen-bond acceptors (Lipinski definition) is 3. The molecule has 88 valence electrons. The van der Waals surface area contributed by atoms with E-state index in [0.29, 0.717) is 0 Å². The van der Waals surface area contributed by atoms with E-state index in [2.05, 4.69) is 0 Å². The molecule has 0 aliphatic rings. The molecule has 2 aromatic rings. The molecule has 5 nitrogen and oxygen atoms in total. The van der Waals surface area contributed by atoms with Gasteiger partial charge in [0.2, 0.25) is 5.69 Å². The van der Waals surface area contributed by atoms with Crippen molar-refractivity contribution in [1.82, 2.24) is 0 Å². The maximum Gasteiger partial charge on any atom is 0.301 e. The number of rotatable bonds is 2. The Balaban J connectivity index is 2.71. The lowest BCUT2D eigenvalue weighted by atomic mass is 10.3. The van der Waals surface area contributed by atoms with E-state index in [4.69, 9.17) is 4.55 Å². The zero-order chi connectivity index (χ0) is 12.5. The fraction of sp³-hybridized carbons (Fsp3) is 0. The predicted octanol–water partition coefficient (Wildman–Crippen LogP) is 0.916. The molecular weight excluding hydrogens is 242 g/mol. The van der Waals surface area contributed by atoms with Crippen LogP contribution in [0.2, 0.25) is 0 Å². The van der Waals surface area contributed by atoms with Gasteiger partial charge in [-0.1, -0.05) is 6.07 Å². The van der Waals surface area contributed by atoms with Gasteiger partial charge in [-0.2, -0.15) is 13.0 Å². The van der Waals surface area contributed by atoms with Gasteiger partial charge < -0.3 is 5.11 Å². The van der Waals surface area contributed by atoms with Gasteiger partial charge in [0.1, 0.15) is 5.75 Å². The van der Waals surface area contributed by atoms with Gasteiger partial charge in [-0.3, -0.25) is 4.55 Å². The molecular formula is C11H10NO4S+. The van der Waals surface area contributed by atoms with Crippen LogP contribution in [-0.2, 0) is 10.1 Å². The van der Waals surface area contributed by atoms with Gasteiger partial charge in [-0.15, -0.1) is 0 Å². The lowest BCUT2D eigenvalue weighted by molar-refractivity contribution is -0.598. The number of benzene rings is 1. The van der Waals surface area contributed by atoms with Crippen LogP contribution in [0.15, 0.2) is 53.7 Å². The van der Waals surface area contributed by atoms with Gasteiger partial charge >= 0.3 is 10.1 Å². The summed E-state index contributed by atoms with van der Waals surface area (Å²) in [5.41, 5.74) is 0.269. The summed E-state index contributed by atoms with van der Waals surface area (Å²) in [5.74, 6) is -0.224. The third kappa shape index (κ3) is 2.43. The second kappa shape index (κ2) is 4.15. The number of aromatic hydroxyl groups is 1. The van der Waals surface area contributed by atoms with Crippen molar-refractivity contribution in [2.75, 3.05) is 0 Å². The first kappa shape index (κ1) is 11.6. The summed E-state index contributed by atoms with van der Waals surface area (Å²) in [4.78, 5) is -0.339. The molecule has 2 rings (SSSR count). The Bertz CT molecular complexity index is 638. The molecule has 0 radical (unpaired) electrons. The Labute approximate surface area is 98.3 Å². The average Bonchev–Trinajstić information content (AvgIpc) is 2.29. The molecule has 1 aromatic carbocycles. The van der Waals surface area contributed by atoms with Crippen molar-refractivity contribution in [3.63, 3.8) is 0 Å². The topological polar surface area (TPSA) is 78.5 Å². The van der Waals surface area contributed by atoms with E-state index < -0.39 is 10.1 Å². The van der Waals surface area contributed by atoms with E-state index in [1.165, 1.54) is 16.7 Å². The first-order valence-electron chi connectivity index (χ1n) is 4.76. The lowest BCUT2D eigenvalue weighted by Crippen LogP contribution is -2.31. The summed E-state index contributed by atoms with van der Waals surface area (Å²) in [6.45, 7) is 0. The van der Waals surface area contributed by atoms with Crippen LogP contribution < -0.4 is 4.57 Å². The average molecular weight is 252 g/mol. The number of nitrogens with zero attached hydrogens (tertiary/aromatic N) is 1. The van der Waals surface area contributed by atoms with E-state index in [9.17, 15) is 13.5 Å². The molecule has 0 aliphatic carbocycles. The second-order valence-electron chi connectivity index (χ2n) is 3.41. The van der Waals surface area contributed by atoms with Crippen LogP contribution in [0, 0.1) is 0 Å². The summed E-state index contributed by atoms with van der Waals surface area (Å²) >= 11 is 0. The smallest absolute Gasteiger partial charge is 0.301 e. The zero-order valence-electron chi connectivity index (χ0n) is 8.69. The number of aromatic nitrogens is 1. The van der Waals surface area contributed by atoms with Gasteiger partial charge in [-0.25, -0.2) is 0 Å². The maximum atomic E-state index is 11.2. The Morgan fingerprint density at radius 1 is 1.06 bits per heavy atom. The van der Waals surface area contributed by atoms with Crippen LogP contribution in [0.5, 0.6) is 5.75 Å². The molecule has 0 unspecified atom stereocenters. The van der Waals surface area contributed by atoms with Crippen molar-refractivity contribution < 1.29 is 22.6 Å². The van der Waals surface area contributed by atoms with E-state index in [0.717, 1.165) is 6.07 Å². The zero-order valence-corrected chi connectivity index (χ0v) is 9.50. The third-order valence-corrected chi connectivity index (χ3v) is 3.10. The van der Waals surface area contributed by atoms with Gasteiger partial charge in [0.05, 0.1) is 0 Å². The van der Waals surface area contributed by atoms with Crippen LogP contribution in [-0.4, -0.2) is 18.1 Å². The van der Waals surface area contributed by atoms with E-state index in [-0.39, 0.29) is 16.3 Å². The highest BCUT2D eigenvalue weighted by Gasteiger charge is 2.22. The molecule has 2 N–H and O–H groups in total. The molecule has 0 fully saturated rings. The number of phenolic OH excluding ortho intramolecular Hbond substituents is 1. The monoisotopic (exact) mass is 252 g/mol. The molecule has 17 heavy (non-hydrogen) atoms. The van der Waals surface area contributed by atoms with E-state index in [1.54, 1.807) is 30.6 Å². The highest BCUT2D eigenvalue weighted by molar-refractivity contribution is 7.86. The minimum Gasteiger partial charge on any atom is -0.508 e. The minimum atomic E-state index is -4.38. The Morgan fingerprint density at radius 3 is 2.29 bits per heavy atom. The molecule has 1 heterocycles. The van der Waals surface area contributed by atoms with Crippen LogP contribution in [0.1, 0.15) is 0 Å². The van der Waals surface area contributed by atoms with Gasteiger partial charge in [0, 0.05) is 24.3 Å². The van der Waals surface area contributed by atoms with Gasteiger partial charge in [0.15, 0.2) is 17.3 Å². The van der Waals surface area contributed by atoms with Crippen LogP contribution in [0.4, 0.5) is 0 Å². The second-order valence-corrected chi connectivity index (χ2v) is 4.80. The molecule has 6 heteroatoms. The summed E-state index contributed by atoms with van der Waals surface area (Å²) in [5, 5.41) is 9.26. The van der Waals surface area contributed by atoms with Crippen molar-refractivity contribution in [3.05, 3.63) is 48.8 Å². The molecule has 0 saturated heterocycles. The fourth-order valence-corrected chi connectivity index (χ4v) is 2.19. The molecule has 0 aliphatic heterocycles. The molecule has 0 atom stereocenters. The standard InChI is InChI=1S/C11H9NO4S/c13-9-4-5-10(11(8-9)17(14,15)16)12-6-2-1-3-7-12/h1-8H,(H-,13,14,15,16)/p+1. The maximum absolute atomic E-state index is 11.2. The molecule has 0 amide bonds. The van der Waals surface area contributed by atoms with Crippen molar-refractivity contribution in [2.45, 2.75) is 4.90 Å². The SMILES string of the molecule is O=S(=O)(O)c1cc(O)ccc1-[n+]1ccccc1. The predicted molar refractivity (Wildman–Crippen MR) is 59.5 cm³/mol. The lowest BCUT2D eigenvalue weighted by Gasteiger charge is -2.02. The summed E-state index contributed by atoms with van der Waals surface area (Å²) in [7, 11) is -4.38. The first-order valence-corrected chi connectivity index (χ1v) is 6.20. The van der Waals surface area contributed by atoms with Crippen LogP contribution in [0.3, 0.4) is 0 Å². The third-order valence-electron chi connectivity index (χ3n) is 2.22. The molecule has 1 aromatic heterocycles. The summed E-state index contributed by atoms with van der Waals surface area (Å²) in [6, 6.07) is 9.00. The number of pyridine rings is 1. The molecule has 0 spiro atoms. The van der Waals surface area contributed by atoms with Crippen molar-refractivity contribution in [2.24, 2.45) is 0 Å². The van der Waals surface area contributed by atoms with Crippen molar-refractivity contribution in [3.8, 4) is 11.4 Å².